The number of morpholine rings is 1. The molecular formula is C19H17N5O3S. The second-order valence-electron chi connectivity index (χ2n) is 6.55. The van der Waals surface area contributed by atoms with E-state index in [0.717, 1.165) is 54.2 Å². The van der Waals surface area contributed by atoms with E-state index in [9.17, 15) is 9.00 Å². The molecule has 0 radical (unpaired) electrons. The van der Waals surface area contributed by atoms with Gasteiger partial charge in [-0.3, -0.25) is 9.52 Å². The lowest BCUT2D eigenvalue weighted by Gasteiger charge is -2.27. The number of benzene rings is 1. The van der Waals surface area contributed by atoms with Gasteiger partial charge in [0.05, 0.1) is 24.9 Å². The fourth-order valence-electron chi connectivity index (χ4n) is 3.40. The molecule has 2 aliphatic heterocycles. The van der Waals surface area contributed by atoms with Gasteiger partial charge in [0.15, 0.2) is 16.0 Å². The summed E-state index contributed by atoms with van der Waals surface area (Å²) in [6.07, 6.45) is 4.88. The molecule has 9 heteroatoms. The first kappa shape index (κ1) is 17.1. The maximum Gasteiger partial charge on any atom is 0.258 e. The number of hydrogen-bond donors (Lipinski definition) is 1. The topological polar surface area (TPSA) is 89.3 Å². The molecule has 8 nitrogen and oxygen atoms in total. The maximum absolute atomic E-state index is 12.0. The van der Waals surface area contributed by atoms with Crippen molar-refractivity contribution in [3.8, 4) is 11.1 Å². The summed E-state index contributed by atoms with van der Waals surface area (Å²) in [6, 6.07) is 9.98. The molecule has 2 aliphatic rings. The van der Waals surface area contributed by atoms with Crippen LogP contribution in [0.25, 0.3) is 27.1 Å². The highest BCUT2D eigenvalue weighted by molar-refractivity contribution is 7.93. The number of hydrogen-bond acceptors (Lipinski definition) is 6. The predicted molar refractivity (Wildman–Crippen MR) is 107 cm³/mol. The van der Waals surface area contributed by atoms with Crippen molar-refractivity contribution in [2.24, 2.45) is 0 Å². The smallest absolute Gasteiger partial charge is 0.258 e. The number of fused-ring (bicyclic) bond motifs is 1. The fraction of sp³-hybridized carbons (Fsp3) is 0.211. The number of rotatable bonds is 3. The molecule has 1 atom stereocenters. The second-order valence-corrected chi connectivity index (χ2v) is 7.71. The van der Waals surface area contributed by atoms with Crippen LogP contribution in [0.4, 0.5) is 5.82 Å². The zero-order valence-electron chi connectivity index (χ0n) is 14.9. The molecule has 1 aromatic carbocycles. The highest BCUT2D eigenvalue weighted by Crippen LogP contribution is 2.27. The molecule has 142 valence electrons. The van der Waals surface area contributed by atoms with Gasteiger partial charge in [0, 0.05) is 36.3 Å². The summed E-state index contributed by atoms with van der Waals surface area (Å²) in [5, 5.41) is 5.53. The highest BCUT2D eigenvalue weighted by Gasteiger charge is 2.23. The second kappa shape index (κ2) is 6.84. The third-order valence-corrected chi connectivity index (χ3v) is 5.89. The van der Waals surface area contributed by atoms with E-state index in [1.807, 2.05) is 30.5 Å². The lowest BCUT2D eigenvalue weighted by molar-refractivity contribution is -0.114. The van der Waals surface area contributed by atoms with Gasteiger partial charge in [0.1, 0.15) is 5.82 Å². The maximum atomic E-state index is 12.0. The zero-order chi connectivity index (χ0) is 19.1. The van der Waals surface area contributed by atoms with E-state index in [4.69, 9.17) is 4.74 Å². The Morgan fingerprint density at radius 3 is 2.61 bits per heavy atom. The van der Waals surface area contributed by atoms with Gasteiger partial charge in [-0.1, -0.05) is 6.07 Å². The third kappa shape index (κ3) is 2.98. The van der Waals surface area contributed by atoms with E-state index in [1.54, 1.807) is 6.20 Å². The molecule has 1 unspecified atom stereocenters. The van der Waals surface area contributed by atoms with Gasteiger partial charge < -0.3 is 9.64 Å². The standard InChI is InChI=1S/C19H17N5O3S/c25-18-10-19(28(26)22-18)24-16-3-1-13(9-15(16)12-21-24)14-2-4-17(20-11-14)23-5-7-27-8-6-23/h1-4,9-12H,5-8H2,(H,22,25). The molecular weight excluding hydrogens is 378 g/mol. The van der Waals surface area contributed by atoms with Gasteiger partial charge >= 0.3 is 0 Å². The molecule has 5 rings (SSSR count). The minimum Gasteiger partial charge on any atom is -0.378 e. The van der Waals surface area contributed by atoms with Crippen molar-refractivity contribution in [2.75, 3.05) is 31.2 Å². The monoisotopic (exact) mass is 395 g/mol. The summed E-state index contributed by atoms with van der Waals surface area (Å²) in [4.78, 5) is 18.3. The van der Waals surface area contributed by atoms with E-state index in [-0.39, 0.29) is 5.91 Å². The number of carbonyl (C=O) groups excluding carboxylic acids is 1. The summed E-state index contributed by atoms with van der Waals surface area (Å²) >= 11 is 0. The third-order valence-electron chi connectivity index (χ3n) is 4.83. The van der Waals surface area contributed by atoms with Crippen LogP contribution in [0.3, 0.4) is 0 Å². The van der Waals surface area contributed by atoms with Gasteiger partial charge in [-0.2, -0.15) is 5.10 Å². The number of nitrogens with zero attached hydrogens (tertiary/aromatic N) is 4. The van der Waals surface area contributed by atoms with Crippen LogP contribution in [0.2, 0.25) is 0 Å². The molecule has 0 spiro atoms. The fourth-order valence-corrected chi connectivity index (χ4v) is 4.27. The van der Waals surface area contributed by atoms with E-state index < -0.39 is 11.0 Å². The van der Waals surface area contributed by atoms with Gasteiger partial charge in [-0.15, -0.1) is 0 Å². The van der Waals surface area contributed by atoms with E-state index in [1.165, 1.54) is 10.8 Å². The van der Waals surface area contributed by atoms with Crippen LogP contribution in [0.5, 0.6) is 0 Å². The number of aromatic nitrogens is 3. The zero-order valence-corrected chi connectivity index (χ0v) is 15.7. The number of nitrogens with one attached hydrogen (secondary N) is 1. The number of carbonyl (C=O) groups is 1. The molecule has 2 aromatic heterocycles. The number of pyridine rings is 1. The molecule has 0 saturated carbocycles. The van der Waals surface area contributed by atoms with Crippen molar-refractivity contribution in [1.29, 1.82) is 0 Å². The predicted octanol–water partition coefficient (Wildman–Crippen LogP) is 1.53. The first-order chi connectivity index (χ1) is 13.7. The minimum atomic E-state index is -1.58. The lowest BCUT2D eigenvalue weighted by atomic mass is 10.1. The average molecular weight is 395 g/mol. The number of anilines is 1. The number of ether oxygens (including phenoxy) is 1. The largest absolute Gasteiger partial charge is 0.378 e. The summed E-state index contributed by atoms with van der Waals surface area (Å²) < 4.78 is 21.3. The number of amides is 1. The molecule has 1 fully saturated rings. The molecule has 3 aromatic rings. The molecule has 28 heavy (non-hydrogen) atoms. The lowest BCUT2D eigenvalue weighted by Crippen LogP contribution is -2.36. The highest BCUT2D eigenvalue weighted by atomic mass is 32.2. The first-order valence-corrected chi connectivity index (χ1v) is 10.1. The van der Waals surface area contributed by atoms with Crippen molar-refractivity contribution in [3.05, 3.63) is 48.8 Å². The quantitative estimate of drug-likeness (QED) is 0.723. The van der Waals surface area contributed by atoms with Crippen LogP contribution < -0.4 is 9.62 Å². The van der Waals surface area contributed by atoms with Crippen molar-refractivity contribution in [1.82, 2.24) is 19.5 Å². The Hall–Kier alpha value is -3.04. The molecule has 1 amide bonds. The van der Waals surface area contributed by atoms with Crippen LogP contribution in [0, 0.1) is 0 Å². The molecule has 1 saturated heterocycles. The summed E-state index contributed by atoms with van der Waals surface area (Å²) in [6.45, 7) is 3.16. The molecule has 1 N–H and O–H groups in total. The Bertz CT molecular complexity index is 1120. The van der Waals surface area contributed by atoms with E-state index in [2.05, 4.69) is 25.8 Å². The van der Waals surface area contributed by atoms with Crippen LogP contribution >= 0.6 is 0 Å². The minimum absolute atomic E-state index is 0.337. The van der Waals surface area contributed by atoms with Crippen molar-refractivity contribution < 1.29 is 13.7 Å². The molecule has 4 heterocycles. The van der Waals surface area contributed by atoms with Crippen molar-refractivity contribution in [2.45, 2.75) is 0 Å². The Morgan fingerprint density at radius 1 is 1.07 bits per heavy atom. The van der Waals surface area contributed by atoms with Crippen LogP contribution in [-0.2, 0) is 20.5 Å². The normalized spacial score (nSPS) is 19.7. The Balaban J connectivity index is 1.45. The van der Waals surface area contributed by atoms with Crippen LogP contribution in [-0.4, -0.2) is 51.2 Å². The van der Waals surface area contributed by atoms with Crippen molar-refractivity contribution in [3.63, 3.8) is 0 Å². The van der Waals surface area contributed by atoms with Gasteiger partial charge in [-0.05, 0) is 29.8 Å². The van der Waals surface area contributed by atoms with E-state index >= 15 is 0 Å². The van der Waals surface area contributed by atoms with Crippen molar-refractivity contribution >= 4 is 38.6 Å². The molecule has 0 bridgehead atoms. The van der Waals surface area contributed by atoms with E-state index in [0.29, 0.717) is 5.03 Å². The Labute approximate surface area is 163 Å². The van der Waals surface area contributed by atoms with Crippen LogP contribution in [0.1, 0.15) is 0 Å². The summed E-state index contributed by atoms with van der Waals surface area (Å²) in [7, 11) is -1.58. The molecule has 0 aliphatic carbocycles. The van der Waals surface area contributed by atoms with Gasteiger partial charge in [0.2, 0.25) is 0 Å². The van der Waals surface area contributed by atoms with Crippen LogP contribution in [0.15, 0.2) is 48.8 Å². The first-order valence-electron chi connectivity index (χ1n) is 8.90. The Morgan fingerprint density at radius 2 is 1.89 bits per heavy atom. The average Bonchev–Trinajstić information content (AvgIpc) is 3.30. The summed E-state index contributed by atoms with van der Waals surface area (Å²) in [5.74, 6) is 0.578. The van der Waals surface area contributed by atoms with Gasteiger partial charge in [-0.25, -0.2) is 13.9 Å². The SMILES string of the molecule is O=C1C=C(n2ncc3cc(-c4ccc(N5CCOCC5)nc4)ccc32)S(=O)N1. The summed E-state index contributed by atoms with van der Waals surface area (Å²) in [5.41, 5.74) is 2.81. The Kier molecular flexibility index (Phi) is 4.18. The van der Waals surface area contributed by atoms with Gasteiger partial charge in [0.25, 0.3) is 5.91 Å².